The minimum Gasteiger partial charge on any atom is -0.393 e. The molecule has 2 N–H and O–H groups in total. The molecule has 0 heterocycles. The number of rotatable bonds is 3. The van der Waals surface area contributed by atoms with Gasteiger partial charge in [0.25, 0.3) is 0 Å². The Morgan fingerprint density at radius 2 is 2.00 bits per heavy atom. The molecule has 0 saturated heterocycles. The van der Waals surface area contributed by atoms with Crippen LogP contribution in [-0.2, 0) is 4.79 Å². The fourth-order valence-electron chi connectivity index (χ4n) is 0.660. The number of nitrogens with one attached hydrogen (secondary N) is 1. The Labute approximate surface area is 74.2 Å². The average molecular weight is 173 g/mol. The molecule has 0 fully saturated rings. The van der Waals surface area contributed by atoms with Gasteiger partial charge >= 0.3 is 0 Å². The van der Waals surface area contributed by atoms with Crippen molar-refractivity contribution >= 4 is 5.91 Å². The molecule has 0 aromatic carbocycles. The largest absolute Gasteiger partial charge is 0.393 e. The van der Waals surface area contributed by atoms with E-state index in [9.17, 15) is 4.79 Å². The van der Waals surface area contributed by atoms with E-state index in [2.05, 4.69) is 5.32 Å². The molecule has 3 nitrogen and oxygen atoms in total. The average Bonchev–Trinajstić information content (AvgIpc) is 1.84. The van der Waals surface area contributed by atoms with Crippen LogP contribution in [0.2, 0.25) is 0 Å². The second kappa shape index (κ2) is 4.45. The predicted octanol–water partition coefficient (Wildman–Crippen LogP) is 0.920. The number of hydrogen-bond donors (Lipinski definition) is 2. The van der Waals surface area contributed by atoms with Crippen molar-refractivity contribution in [3.63, 3.8) is 0 Å². The zero-order valence-corrected chi connectivity index (χ0v) is 8.35. The summed E-state index contributed by atoms with van der Waals surface area (Å²) >= 11 is 0. The highest BCUT2D eigenvalue weighted by Crippen LogP contribution is 2.12. The van der Waals surface area contributed by atoms with Gasteiger partial charge in [0.15, 0.2) is 0 Å². The summed E-state index contributed by atoms with van der Waals surface area (Å²) in [6.07, 6.45) is 0.271. The Morgan fingerprint density at radius 3 is 2.33 bits per heavy atom. The maximum absolute atomic E-state index is 11.3. The summed E-state index contributed by atoms with van der Waals surface area (Å²) in [5.74, 6) is 0.0307. The van der Waals surface area contributed by atoms with Gasteiger partial charge < -0.3 is 10.4 Å². The summed E-state index contributed by atoms with van der Waals surface area (Å²) in [6.45, 7) is 7.86. The van der Waals surface area contributed by atoms with Crippen LogP contribution in [0.15, 0.2) is 0 Å². The minimum absolute atomic E-state index is 0.0307. The van der Waals surface area contributed by atoms with E-state index in [1.165, 1.54) is 0 Å². The topological polar surface area (TPSA) is 49.3 Å². The van der Waals surface area contributed by atoms with Gasteiger partial charge in [-0.05, 0) is 13.3 Å². The summed E-state index contributed by atoms with van der Waals surface area (Å²) in [6, 6.07) is 0. The molecule has 1 atom stereocenters. The lowest BCUT2D eigenvalue weighted by Crippen LogP contribution is -2.36. The number of aliphatic hydroxyl groups excluding tert-OH is 1. The SMILES string of the molecule is C[C@@H](O)CCNC(=O)C(C)(C)C. The summed E-state index contributed by atoms with van der Waals surface area (Å²) in [5, 5.41) is 11.7. The number of aliphatic hydroxyl groups is 1. The van der Waals surface area contributed by atoms with Crippen LogP contribution in [0.4, 0.5) is 0 Å². The Balaban J connectivity index is 3.59. The second-order valence-corrected chi connectivity index (χ2v) is 4.14. The van der Waals surface area contributed by atoms with Crippen LogP contribution in [0, 0.1) is 5.41 Å². The van der Waals surface area contributed by atoms with E-state index in [0.717, 1.165) is 0 Å². The molecule has 0 aromatic rings. The zero-order chi connectivity index (χ0) is 9.78. The Bertz CT molecular complexity index is 147. The monoisotopic (exact) mass is 173 g/mol. The van der Waals surface area contributed by atoms with Gasteiger partial charge in [-0.15, -0.1) is 0 Å². The zero-order valence-electron chi connectivity index (χ0n) is 8.35. The summed E-state index contributed by atoms with van der Waals surface area (Å²) in [4.78, 5) is 11.3. The van der Waals surface area contributed by atoms with E-state index < -0.39 is 0 Å². The summed E-state index contributed by atoms with van der Waals surface area (Å²) in [7, 11) is 0. The third-order valence-corrected chi connectivity index (χ3v) is 1.53. The minimum atomic E-state index is -0.342. The number of carbonyl (C=O) groups excluding carboxylic acids is 1. The molecule has 0 radical (unpaired) electrons. The van der Waals surface area contributed by atoms with Crippen molar-refractivity contribution in [1.82, 2.24) is 5.32 Å². The van der Waals surface area contributed by atoms with Gasteiger partial charge in [0.05, 0.1) is 6.10 Å². The number of carbonyl (C=O) groups is 1. The maximum atomic E-state index is 11.3. The van der Waals surface area contributed by atoms with Gasteiger partial charge in [-0.2, -0.15) is 0 Å². The molecule has 1 amide bonds. The van der Waals surface area contributed by atoms with Crippen molar-refractivity contribution in [2.75, 3.05) is 6.54 Å². The molecule has 0 aliphatic heterocycles. The van der Waals surface area contributed by atoms with Crippen molar-refractivity contribution < 1.29 is 9.90 Å². The van der Waals surface area contributed by atoms with Crippen LogP contribution in [0.25, 0.3) is 0 Å². The third-order valence-electron chi connectivity index (χ3n) is 1.53. The number of amides is 1. The molecule has 0 saturated carbocycles. The highest BCUT2D eigenvalue weighted by Gasteiger charge is 2.20. The first-order chi connectivity index (χ1) is 5.34. The van der Waals surface area contributed by atoms with Gasteiger partial charge in [0.1, 0.15) is 0 Å². The lowest BCUT2D eigenvalue weighted by atomic mass is 9.96. The molecular weight excluding hydrogens is 154 g/mol. The molecule has 3 heteroatoms. The summed E-state index contributed by atoms with van der Waals surface area (Å²) in [5.41, 5.74) is -0.335. The van der Waals surface area contributed by atoms with Crippen LogP contribution in [0.5, 0.6) is 0 Å². The second-order valence-electron chi connectivity index (χ2n) is 4.14. The van der Waals surface area contributed by atoms with Gasteiger partial charge in [-0.3, -0.25) is 4.79 Å². The first-order valence-electron chi connectivity index (χ1n) is 4.30. The molecule has 12 heavy (non-hydrogen) atoms. The van der Waals surface area contributed by atoms with Gasteiger partial charge in [0.2, 0.25) is 5.91 Å². The normalized spacial score (nSPS) is 14.1. The molecule has 0 aliphatic carbocycles. The van der Waals surface area contributed by atoms with Crippen molar-refractivity contribution in [3.05, 3.63) is 0 Å². The van der Waals surface area contributed by atoms with Crippen molar-refractivity contribution in [1.29, 1.82) is 0 Å². The van der Waals surface area contributed by atoms with Crippen LogP contribution >= 0.6 is 0 Å². The van der Waals surface area contributed by atoms with Crippen LogP contribution in [-0.4, -0.2) is 23.7 Å². The molecule has 0 bridgehead atoms. The fraction of sp³-hybridized carbons (Fsp3) is 0.889. The summed E-state index contributed by atoms with van der Waals surface area (Å²) < 4.78 is 0. The van der Waals surface area contributed by atoms with Gasteiger partial charge in [-0.25, -0.2) is 0 Å². The van der Waals surface area contributed by atoms with Gasteiger partial charge in [0, 0.05) is 12.0 Å². The first kappa shape index (κ1) is 11.4. The van der Waals surface area contributed by atoms with E-state index in [0.29, 0.717) is 13.0 Å². The first-order valence-corrected chi connectivity index (χ1v) is 4.30. The van der Waals surface area contributed by atoms with E-state index in [-0.39, 0.29) is 17.4 Å². The molecule has 0 aliphatic rings. The third kappa shape index (κ3) is 5.13. The molecule has 0 aromatic heterocycles. The standard InChI is InChI=1S/C9H19NO2/c1-7(11)5-6-10-8(12)9(2,3)4/h7,11H,5-6H2,1-4H3,(H,10,12)/t7-/m1/s1. The fourth-order valence-corrected chi connectivity index (χ4v) is 0.660. The van der Waals surface area contributed by atoms with Crippen molar-refractivity contribution in [2.24, 2.45) is 5.41 Å². The van der Waals surface area contributed by atoms with E-state index in [1.807, 2.05) is 20.8 Å². The van der Waals surface area contributed by atoms with Crippen LogP contribution < -0.4 is 5.32 Å². The van der Waals surface area contributed by atoms with Gasteiger partial charge in [-0.1, -0.05) is 20.8 Å². The highest BCUT2D eigenvalue weighted by molar-refractivity contribution is 5.81. The maximum Gasteiger partial charge on any atom is 0.225 e. The van der Waals surface area contributed by atoms with E-state index in [1.54, 1.807) is 6.92 Å². The van der Waals surface area contributed by atoms with E-state index >= 15 is 0 Å². The Morgan fingerprint density at radius 1 is 1.50 bits per heavy atom. The molecule has 72 valence electrons. The highest BCUT2D eigenvalue weighted by atomic mass is 16.3. The molecule has 0 rings (SSSR count). The molecule has 0 unspecified atom stereocenters. The lowest BCUT2D eigenvalue weighted by molar-refractivity contribution is -0.128. The Kier molecular flexibility index (Phi) is 4.24. The molecule has 0 spiro atoms. The van der Waals surface area contributed by atoms with Crippen molar-refractivity contribution in [3.8, 4) is 0 Å². The number of hydrogen-bond acceptors (Lipinski definition) is 2. The lowest BCUT2D eigenvalue weighted by Gasteiger charge is -2.17. The van der Waals surface area contributed by atoms with Crippen LogP contribution in [0.1, 0.15) is 34.1 Å². The van der Waals surface area contributed by atoms with Crippen LogP contribution in [0.3, 0.4) is 0 Å². The van der Waals surface area contributed by atoms with Crippen molar-refractivity contribution in [2.45, 2.75) is 40.2 Å². The van der Waals surface area contributed by atoms with E-state index in [4.69, 9.17) is 5.11 Å². The Hall–Kier alpha value is -0.570. The predicted molar refractivity (Wildman–Crippen MR) is 48.8 cm³/mol. The molecular formula is C9H19NO2. The smallest absolute Gasteiger partial charge is 0.225 e. The quantitative estimate of drug-likeness (QED) is 0.666.